The maximum Gasteiger partial charge on any atom is 0.410 e. The number of esters is 1. The monoisotopic (exact) mass is 881 g/mol. The first-order chi connectivity index (χ1) is 30.3. The third-order valence-corrected chi connectivity index (χ3v) is 12.8. The van der Waals surface area contributed by atoms with Crippen molar-refractivity contribution in [2.45, 2.75) is 132 Å². The molecule has 64 heavy (non-hydrogen) atoms. The van der Waals surface area contributed by atoms with E-state index in [0.29, 0.717) is 56.6 Å². The number of carbonyl (C=O) groups is 5. The molecular formula is C50H68N6O8. The van der Waals surface area contributed by atoms with E-state index in [2.05, 4.69) is 18.8 Å². The van der Waals surface area contributed by atoms with E-state index in [1.54, 1.807) is 16.7 Å². The van der Waals surface area contributed by atoms with Crippen molar-refractivity contribution < 1.29 is 38.2 Å². The number of piperidine rings is 2. The summed E-state index contributed by atoms with van der Waals surface area (Å²) in [6, 6.07) is 11.6. The molecule has 14 nitrogen and oxygen atoms in total. The predicted molar refractivity (Wildman–Crippen MR) is 246 cm³/mol. The van der Waals surface area contributed by atoms with Gasteiger partial charge in [-0.05, 0) is 122 Å². The maximum atomic E-state index is 13.3. The average molecular weight is 881 g/mol. The van der Waals surface area contributed by atoms with Crippen molar-refractivity contribution in [2.24, 2.45) is 11.8 Å². The van der Waals surface area contributed by atoms with E-state index in [1.165, 1.54) is 0 Å². The molecule has 2 aromatic heterocycles. The van der Waals surface area contributed by atoms with Crippen LogP contribution in [0.15, 0.2) is 36.4 Å². The first-order valence-electron chi connectivity index (χ1n) is 23.3. The van der Waals surface area contributed by atoms with Crippen LogP contribution in [0, 0.1) is 11.8 Å². The Morgan fingerprint density at radius 1 is 0.641 bits per heavy atom. The molecule has 346 valence electrons. The molecule has 0 saturated carbocycles. The Hall–Kier alpha value is -5.53. The first-order valence-corrected chi connectivity index (χ1v) is 23.3. The summed E-state index contributed by atoms with van der Waals surface area (Å²) in [6.45, 7) is 23.1. The lowest BCUT2D eigenvalue weighted by Crippen LogP contribution is -2.40. The molecule has 2 aromatic carbocycles. The number of benzene rings is 2. The third-order valence-electron chi connectivity index (χ3n) is 12.8. The van der Waals surface area contributed by atoms with Gasteiger partial charge in [-0.1, -0.05) is 13.8 Å². The summed E-state index contributed by atoms with van der Waals surface area (Å²) in [6.07, 6.45) is 4.88. The van der Waals surface area contributed by atoms with Crippen LogP contribution >= 0.6 is 0 Å². The molecule has 6 heterocycles. The second kappa shape index (κ2) is 18.9. The van der Waals surface area contributed by atoms with Crippen molar-refractivity contribution in [3.05, 3.63) is 70.0 Å². The number of likely N-dealkylation sites (tertiary alicyclic amines) is 2. The molecule has 4 amide bonds. The molecule has 0 aliphatic carbocycles. The van der Waals surface area contributed by atoms with Gasteiger partial charge in [-0.3, -0.25) is 14.4 Å². The number of rotatable bonds is 5. The van der Waals surface area contributed by atoms with Crippen LogP contribution in [0.3, 0.4) is 0 Å². The zero-order chi connectivity index (χ0) is 46.1. The van der Waals surface area contributed by atoms with Crippen LogP contribution < -0.4 is 0 Å². The number of H-pyrrole nitrogens is 1. The average Bonchev–Trinajstić information content (AvgIpc) is 3.76. The molecular weight excluding hydrogens is 813 g/mol. The number of aromatic amines is 1. The molecule has 14 heteroatoms. The third kappa shape index (κ3) is 10.7. The highest BCUT2D eigenvalue weighted by Crippen LogP contribution is 2.34. The number of nitrogens with zero attached hydrogens (tertiary/aromatic N) is 5. The Balaban J connectivity index is 0.000000195. The topological polar surface area (TPSA) is 147 Å². The van der Waals surface area contributed by atoms with Gasteiger partial charge in [0.25, 0.3) is 11.8 Å². The van der Waals surface area contributed by atoms with Crippen LogP contribution in [0.1, 0.15) is 131 Å². The van der Waals surface area contributed by atoms with E-state index in [4.69, 9.17) is 14.2 Å². The van der Waals surface area contributed by atoms with Crippen LogP contribution in [0.4, 0.5) is 9.59 Å². The fourth-order valence-electron chi connectivity index (χ4n) is 9.20. The van der Waals surface area contributed by atoms with Gasteiger partial charge in [-0.15, -0.1) is 0 Å². The second-order valence-electron chi connectivity index (χ2n) is 20.1. The van der Waals surface area contributed by atoms with Gasteiger partial charge in [0.2, 0.25) is 0 Å². The van der Waals surface area contributed by atoms with E-state index < -0.39 is 11.2 Å². The number of hydrogen-bond donors (Lipinski definition) is 1. The zero-order valence-corrected chi connectivity index (χ0v) is 39.4. The fourth-order valence-corrected chi connectivity index (χ4v) is 9.20. The number of carbonyl (C=O) groups excluding carboxylic acids is 5. The summed E-state index contributed by atoms with van der Waals surface area (Å²) >= 11 is 0. The standard InChI is InChI=1S/C27H37N3O5.C23H31N3O3/c1-6-34-24(31)17-30-22-8-7-19(25(32)28-12-9-18(2)10-13-28)15-20(22)21-16-29(14-11-23(21)30)26(33)35-27(3,4)5;1-15-7-10-25(11-8-15)21(27)16-5-6-19-17(13-16)18-14-26(12-9-20(18)24-19)22(28)29-23(2,3)4/h7-8,15,18H,6,9-14,16-17H2,1-5H3;5-6,13,15,24H,7-12,14H2,1-4H3. The lowest BCUT2D eigenvalue weighted by atomic mass is 9.98. The van der Waals surface area contributed by atoms with Crippen molar-refractivity contribution in [1.82, 2.24) is 29.2 Å². The van der Waals surface area contributed by atoms with Crippen molar-refractivity contribution >= 4 is 51.8 Å². The minimum absolute atomic E-state index is 0.0329. The van der Waals surface area contributed by atoms with Crippen LogP contribution in [0.25, 0.3) is 21.8 Å². The van der Waals surface area contributed by atoms with Gasteiger partial charge in [-0.2, -0.15) is 0 Å². The number of nitrogens with one attached hydrogen (secondary N) is 1. The molecule has 8 rings (SSSR count). The van der Waals surface area contributed by atoms with E-state index in [1.807, 2.05) is 92.3 Å². The molecule has 0 radical (unpaired) electrons. The Kier molecular flexibility index (Phi) is 13.7. The molecule has 0 atom stereocenters. The Bertz CT molecular complexity index is 2390. The van der Waals surface area contributed by atoms with Crippen molar-refractivity contribution in [3.63, 3.8) is 0 Å². The van der Waals surface area contributed by atoms with E-state index in [0.717, 1.165) is 108 Å². The van der Waals surface area contributed by atoms with E-state index >= 15 is 0 Å². The molecule has 4 aromatic rings. The molecule has 0 spiro atoms. The zero-order valence-electron chi connectivity index (χ0n) is 39.4. The minimum atomic E-state index is -0.583. The SMILES string of the molecule is CC1CCN(C(=O)c2ccc3[nH]c4c(c3c2)CN(C(=O)OC(C)(C)C)CC4)CC1.CCOC(=O)Cn1c2c(c3cc(C(=O)N4CCC(C)CC4)ccc31)CN(C(=O)OC(C)(C)C)CC2. The minimum Gasteiger partial charge on any atom is -0.465 e. The number of aromatic nitrogens is 2. The Labute approximate surface area is 377 Å². The normalized spacial score (nSPS) is 17.4. The second-order valence-corrected chi connectivity index (χ2v) is 20.1. The summed E-state index contributed by atoms with van der Waals surface area (Å²) < 4.78 is 18.3. The summed E-state index contributed by atoms with van der Waals surface area (Å²) in [5.74, 6) is 1.17. The summed E-state index contributed by atoms with van der Waals surface area (Å²) in [5, 5.41) is 1.93. The summed E-state index contributed by atoms with van der Waals surface area (Å²) in [5.41, 5.74) is 6.37. The van der Waals surface area contributed by atoms with Crippen molar-refractivity contribution in [2.75, 3.05) is 45.9 Å². The lowest BCUT2D eigenvalue weighted by Gasteiger charge is -2.31. The Morgan fingerprint density at radius 3 is 1.67 bits per heavy atom. The summed E-state index contributed by atoms with van der Waals surface area (Å²) in [4.78, 5) is 74.8. The largest absolute Gasteiger partial charge is 0.465 e. The van der Waals surface area contributed by atoms with E-state index in [-0.39, 0.29) is 36.5 Å². The van der Waals surface area contributed by atoms with Gasteiger partial charge >= 0.3 is 18.2 Å². The van der Waals surface area contributed by atoms with Gasteiger partial charge in [0.15, 0.2) is 0 Å². The summed E-state index contributed by atoms with van der Waals surface area (Å²) in [7, 11) is 0. The van der Waals surface area contributed by atoms with Crippen LogP contribution in [-0.2, 0) is 51.5 Å². The Morgan fingerprint density at radius 2 is 1.14 bits per heavy atom. The van der Waals surface area contributed by atoms with Crippen LogP contribution in [0.5, 0.6) is 0 Å². The molecule has 1 N–H and O–H groups in total. The smallest absolute Gasteiger partial charge is 0.410 e. The van der Waals surface area contributed by atoms with Gasteiger partial charge in [0.05, 0.1) is 19.7 Å². The number of amides is 4. The molecule has 4 aliphatic heterocycles. The first kappa shape index (κ1) is 46.5. The molecule has 4 aliphatic rings. The fraction of sp³-hybridized carbons (Fsp3) is 0.580. The highest BCUT2D eigenvalue weighted by Gasteiger charge is 2.32. The number of hydrogen-bond acceptors (Lipinski definition) is 8. The quantitative estimate of drug-likeness (QED) is 0.155. The van der Waals surface area contributed by atoms with Crippen LogP contribution in [-0.4, -0.2) is 116 Å². The molecule has 2 saturated heterocycles. The number of ether oxygens (including phenoxy) is 3. The van der Waals surface area contributed by atoms with Crippen molar-refractivity contribution in [3.8, 4) is 0 Å². The van der Waals surface area contributed by atoms with Gasteiger partial charge < -0.3 is 43.4 Å². The predicted octanol–water partition coefficient (Wildman–Crippen LogP) is 8.70. The highest BCUT2D eigenvalue weighted by molar-refractivity contribution is 6.00. The van der Waals surface area contributed by atoms with E-state index in [9.17, 15) is 24.0 Å². The van der Waals surface area contributed by atoms with Gasteiger partial charge in [0, 0.05) is 108 Å². The maximum absolute atomic E-state index is 13.3. The molecule has 2 fully saturated rings. The van der Waals surface area contributed by atoms with Gasteiger partial charge in [0.1, 0.15) is 17.7 Å². The molecule has 0 bridgehead atoms. The molecule has 0 unspecified atom stereocenters. The van der Waals surface area contributed by atoms with Crippen LogP contribution in [0.2, 0.25) is 0 Å². The highest BCUT2D eigenvalue weighted by atomic mass is 16.6. The number of fused-ring (bicyclic) bond motifs is 6. The van der Waals surface area contributed by atoms with Crippen molar-refractivity contribution in [1.29, 1.82) is 0 Å². The lowest BCUT2D eigenvalue weighted by molar-refractivity contribution is -0.143. The van der Waals surface area contributed by atoms with Gasteiger partial charge in [-0.25, -0.2) is 9.59 Å².